The van der Waals surface area contributed by atoms with Crippen LogP contribution in [0, 0.1) is 6.92 Å². The van der Waals surface area contributed by atoms with Crippen LogP contribution in [0.1, 0.15) is 34.3 Å². The number of nitrogens with one attached hydrogen (secondary N) is 1. The topological polar surface area (TPSA) is 66.5 Å². The number of imide groups is 1. The van der Waals surface area contributed by atoms with Crippen LogP contribution in [0.25, 0.3) is 0 Å². The number of carbonyl (C=O) groups excluding carboxylic acids is 3. The second kappa shape index (κ2) is 4.59. The summed E-state index contributed by atoms with van der Waals surface area (Å²) in [6, 6.07) is 2.97. The van der Waals surface area contributed by atoms with Crippen LogP contribution in [0.15, 0.2) is 12.1 Å². The molecule has 6 heteroatoms. The molecule has 0 saturated carbocycles. The van der Waals surface area contributed by atoms with Crippen molar-refractivity contribution >= 4 is 29.3 Å². The van der Waals surface area contributed by atoms with Crippen LogP contribution < -0.4 is 5.32 Å². The van der Waals surface area contributed by atoms with E-state index in [1.54, 1.807) is 6.07 Å². The molecule has 1 fully saturated rings. The molecule has 0 radical (unpaired) electrons. The fourth-order valence-corrected chi connectivity index (χ4v) is 3.03. The molecule has 0 bridgehead atoms. The molecule has 2 heterocycles. The first kappa shape index (κ1) is 13.1. The fourth-order valence-electron chi connectivity index (χ4n) is 2.78. The first-order valence-electron chi connectivity index (χ1n) is 6.41. The van der Waals surface area contributed by atoms with E-state index in [0.29, 0.717) is 23.6 Å². The average Bonchev–Trinajstić information content (AvgIpc) is 2.73. The van der Waals surface area contributed by atoms with Crippen molar-refractivity contribution < 1.29 is 14.4 Å². The normalized spacial score (nSPS) is 22.0. The second-order valence-electron chi connectivity index (χ2n) is 5.12. The molecule has 0 spiro atoms. The number of aryl methyl sites for hydroxylation is 1. The van der Waals surface area contributed by atoms with Gasteiger partial charge in [-0.3, -0.25) is 19.7 Å². The number of amides is 3. The average molecular weight is 293 g/mol. The van der Waals surface area contributed by atoms with Gasteiger partial charge in [-0.1, -0.05) is 17.7 Å². The molecule has 20 heavy (non-hydrogen) atoms. The van der Waals surface area contributed by atoms with Crippen LogP contribution in [0.4, 0.5) is 0 Å². The van der Waals surface area contributed by atoms with Crippen LogP contribution in [-0.2, 0) is 16.1 Å². The Balaban J connectivity index is 1.94. The minimum atomic E-state index is -0.594. The van der Waals surface area contributed by atoms with Gasteiger partial charge in [0.2, 0.25) is 11.8 Å². The van der Waals surface area contributed by atoms with E-state index >= 15 is 0 Å². The quantitative estimate of drug-likeness (QED) is 0.796. The summed E-state index contributed by atoms with van der Waals surface area (Å²) in [6.07, 6.45) is 0.615. The number of rotatable bonds is 1. The lowest BCUT2D eigenvalue weighted by Gasteiger charge is -2.29. The number of fused-ring (bicyclic) bond motifs is 1. The number of hydrogen-bond acceptors (Lipinski definition) is 3. The van der Waals surface area contributed by atoms with E-state index in [0.717, 1.165) is 11.1 Å². The minimum absolute atomic E-state index is 0.233. The fraction of sp³-hybridized carbons (Fsp3) is 0.357. The molecule has 1 aromatic rings. The Labute approximate surface area is 120 Å². The van der Waals surface area contributed by atoms with Crippen molar-refractivity contribution in [2.24, 2.45) is 0 Å². The zero-order valence-corrected chi connectivity index (χ0v) is 11.7. The summed E-state index contributed by atoms with van der Waals surface area (Å²) < 4.78 is 0. The summed E-state index contributed by atoms with van der Waals surface area (Å²) >= 11 is 6.10. The zero-order valence-electron chi connectivity index (χ0n) is 10.9. The van der Waals surface area contributed by atoms with Crippen molar-refractivity contribution in [2.45, 2.75) is 32.4 Å². The molecule has 1 unspecified atom stereocenters. The highest BCUT2D eigenvalue weighted by atomic mass is 35.5. The summed E-state index contributed by atoms with van der Waals surface area (Å²) in [6.45, 7) is 2.28. The predicted molar refractivity (Wildman–Crippen MR) is 72.2 cm³/mol. The van der Waals surface area contributed by atoms with Crippen LogP contribution in [0.5, 0.6) is 0 Å². The third-order valence-corrected chi connectivity index (χ3v) is 4.20. The first-order chi connectivity index (χ1) is 9.49. The first-order valence-corrected chi connectivity index (χ1v) is 6.79. The van der Waals surface area contributed by atoms with E-state index < -0.39 is 11.9 Å². The minimum Gasteiger partial charge on any atom is -0.322 e. The number of piperidine rings is 1. The van der Waals surface area contributed by atoms with Gasteiger partial charge in [0.25, 0.3) is 5.91 Å². The molecule has 3 amide bonds. The summed E-state index contributed by atoms with van der Waals surface area (Å²) in [7, 11) is 0. The van der Waals surface area contributed by atoms with Gasteiger partial charge in [0.05, 0.1) is 10.6 Å². The molecular formula is C14H13ClN2O3. The SMILES string of the molecule is Cc1ccc(Cl)c2c1CN(C1CCC(=O)NC1=O)C2=O. The zero-order chi connectivity index (χ0) is 14.4. The van der Waals surface area contributed by atoms with Crippen molar-refractivity contribution in [1.82, 2.24) is 10.2 Å². The number of nitrogens with zero attached hydrogens (tertiary/aromatic N) is 1. The van der Waals surface area contributed by atoms with Crippen molar-refractivity contribution in [1.29, 1.82) is 0 Å². The van der Waals surface area contributed by atoms with E-state index in [1.165, 1.54) is 4.90 Å². The summed E-state index contributed by atoms with van der Waals surface area (Å²) in [4.78, 5) is 37.1. The number of carbonyl (C=O) groups is 3. The highest BCUT2D eigenvalue weighted by Crippen LogP contribution is 2.33. The van der Waals surface area contributed by atoms with Crippen LogP contribution in [-0.4, -0.2) is 28.7 Å². The van der Waals surface area contributed by atoms with Gasteiger partial charge in [-0.15, -0.1) is 0 Å². The van der Waals surface area contributed by atoms with E-state index in [2.05, 4.69) is 5.32 Å². The van der Waals surface area contributed by atoms with Gasteiger partial charge in [-0.25, -0.2) is 0 Å². The van der Waals surface area contributed by atoms with Gasteiger partial charge in [0.15, 0.2) is 0 Å². The van der Waals surface area contributed by atoms with Crippen LogP contribution >= 0.6 is 11.6 Å². The smallest absolute Gasteiger partial charge is 0.256 e. The maximum atomic E-state index is 12.5. The highest BCUT2D eigenvalue weighted by Gasteiger charge is 2.40. The molecule has 1 saturated heterocycles. The lowest BCUT2D eigenvalue weighted by molar-refractivity contribution is -0.136. The molecule has 1 aromatic carbocycles. The molecule has 2 aliphatic rings. The van der Waals surface area contributed by atoms with Gasteiger partial charge in [0.1, 0.15) is 6.04 Å². The Hall–Kier alpha value is -1.88. The van der Waals surface area contributed by atoms with Crippen molar-refractivity contribution in [3.8, 4) is 0 Å². The van der Waals surface area contributed by atoms with Gasteiger partial charge in [-0.2, -0.15) is 0 Å². The molecule has 0 aromatic heterocycles. The van der Waals surface area contributed by atoms with Gasteiger partial charge >= 0.3 is 0 Å². The van der Waals surface area contributed by atoms with Crippen LogP contribution in [0.3, 0.4) is 0 Å². The van der Waals surface area contributed by atoms with Crippen molar-refractivity contribution in [3.05, 3.63) is 33.8 Å². The summed E-state index contributed by atoms with van der Waals surface area (Å²) in [5.41, 5.74) is 2.33. The van der Waals surface area contributed by atoms with Gasteiger partial charge in [-0.05, 0) is 30.5 Å². The number of halogens is 1. The van der Waals surface area contributed by atoms with Gasteiger partial charge < -0.3 is 4.90 Å². The number of benzene rings is 1. The van der Waals surface area contributed by atoms with E-state index in [4.69, 9.17) is 11.6 Å². The molecule has 1 N–H and O–H groups in total. The summed E-state index contributed by atoms with van der Waals surface area (Å²) in [5, 5.41) is 2.69. The van der Waals surface area contributed by atoms with E-state index in [9.17, 15) is 14.4 Å². The lowest BCUT2D eigenvalue weighted by atomic mass is 10.0. The predicted octanol–water partition coefficient (Wildman–Crippen LogP) is 1.41. The maximum Gasteiger partial charge on any atom is 0.256 e. The molecule has 104 valence electrons. The molecule has 2 aliphatic heterocycles. The van der Waals surface area contributed by atoms with E-state index in [-0.39, 0.29) is 18.2 Å². The molecule has 5 nitrogen and oxygen atoms in total. The Morgan fingerprint density at radius 2 is 2.05 bits per heavy atom. The van der Waals surface area contributed by atoms with Crippen molar-refractivity contribution in [2.75, 3.05) is 0 Å². The van der Waals surface area contributed by atoms with Crippen LogP contribution in [0.2, 0.25) is 5.02 Å². The molecule has 3 rings (SSSR count). The molecule has 0 aliphatic carbocycles. The Bertz CT molecular complexity index is 642. The Kier molecular flexibility index (Phi) is 3.01. The maximum absolute atomic E-state index is 12.5. The standard InChI is InChI=1S/C14H13ClN2O3/c1-7-2-3-9(15)12-8(7)6-17(14(12)20)10-4-5-11(18)16-13(10)19/h2-3,10H,4-6H2,1H3,(H,16,18,19). The molecular weight excluding hydrogens is 280 g/mol. The highest BCUT2D eigenvalue weighted by molar-refractivity contribution is 6.34. The lowest BCUT2D eigenvalue weighted by Crippen LogP contribution is -2.52. The monoisotopic (exact) mass is 292 g/mol. The Morgan fingerprint density at radius 1 is 1.30 bits per heavy atom. The number of hydrogen-bond donors (Lipinski definition) is 1. The van der Waals surface area contributed by atoms with Gasteiger partial charge in [0, 0.05) is 13.0 Å². The van der Waals surface area contributed by atoms with Crippen molar-refractivity contribution in [3.63, 3.8) is 0 Å². The summed E-state index contributed by atoms with van der Waals surface area (Å²) in [5.74, 6) is -0.927. The largest absolute Gasteiger partial charge is 0.322 e. The second-order valence-corrected chi connectivity index (χ2v) is 5.52. The van der Waals surface area contributed by atoms with E-state index in [1.807, 2.05) is 13.0 Å². The molecule has 1 atom stereocenters. The third-order valence-electron chi connectivity index (χ3n) is 3.89. The Morgan fingerprint density at radius 3 is 2.70 bits per heavy atom. The third kappa shape index (κ3) is 1.89.